The highest BCUT2D eigenvalue weighted by Crippen LogP contribution is 2.44. The van der Waals surface area contributed by atoms with Crippen LogP contribution in [0.15, 0.2) is 34.4 Å². The van der Waals surface area contributed by atoms with Crippen LogP contribution in [0.2, 0.25) is 0 Å². The van der Waals surface area contributed by atoms with Gasteiger partial charge in [-0.2, -0.15) is 0 Å². The van der Waals surface area contributed by atoms with Crippen LogP contribution in [0.4, 0.5) is 0 Å². The lowest BCUT2D eigenvalue weighted by atomic mass is 9.91. The summed E-state index contributed by atoms with van der Waals surface area (Å²) in [7, 11) is 0. The normalized spacial score (nSPS) is 30.9. The van der Waals surface area contributed by atoms with Crippen LogP contribution in [0.25, 0.3) is 0 Å². The highest BCUT2D eigenvalue weighted by atomic mass is 16.6. The Kier molecular flexibility index (Phi) is 5.44. The summed E-state index contributed by atoms with van der Waals surface area (Å²) in [6, 6.07) is 0. The Hall–Kier alpha value is -1.15. The minimum atomic E-state index is -0.0237. The van der Waals surface area contributed by atoms with Gasteiger partial charge >= 0.3 is 0 Å². The zero-order valence-corrected chi connectivity index (χ0v) is 14.8. The first-order valence-electron chi connectivity index (χ1n) is 8.53. The summed E-state index contributed by atoms with van der Waals surface area (Å²) in [5.41, 5.74) is 4.70. The maximum absolute atomic E-state index is 12.5. The molecule has 22 heavy (non-hydrogen) atoms. The van der Waals surface area contributed by atoms with Crippen molar-refractivity contribution in [2.24, 2.45) is 0 Å². The van der Waals surface area contributed by atoms with Crippen LogP contribution in [0.5, 0.6) is 0 Å². The molecule has 0 aromatic rings. The van der Waals surface area contributed by atoms with E-state index in [0.717, 1.165) is 49.7 Å². The standard InChI is InChI=1S/C20H30O2/c1-14(2)17-11-12-20(5)19(22-20)10-9-15(3)7-6-8-16(4)13-18(17)21/h7,13,19H,6,8-12H2,1-5H3. The van der Waals surface area contributed by atoms with Gasteiger partial charge in [0.05, 0.1) is 11.7 Å². The first-order valence-corrected chi connectivity index (χ1v) is 8.53. The molecule has 0 saturated carbocycles. The molecule has 1 aliphatic carbocycles. The second-order valence-corrected chi connectivity index (χ2v) is 7.38. The smallest absolute Gasteiger partial charge is 0.181 e. The predicted molar refractivity (Wildman–Crippen MR) is 91.9 cm³/mol. The SMILES string of the molecule is CC1=CC(=O)C(=C(C)C)CCC2(C)OC2CCC(C)=CCC1. The van der Waals surface area contributed by atoms with Gasteiger partial charge in [-0.15, -0.1) is 0 Å². The molecule has 1 saturated heterocycles. The van der Waals surface area contributed by atoms with Crippen molar-refractivity contribution in [3.63, 3.8) is 0 Å². The molecule has 0 aromatic heterocycles. The first kappa shape index (κ1) is 17.2. The molecule has 122 valence electrons. The lowest BCUT2D eigenvalue weighted by Gasteiger charge is -2.11. The largest absolute Gasteiger partial charge is 0.366 e. The van der Waals surface area contributed by atoms with E-state index in [4.69, 9.17) is 4.74 Å². The number of rotatable bonds is 0. The maximum Gasteiger partial charge on any atom is 0.181 e. The minimum Gasteiger partial charge on any atom is -0.366 e. The average Bonchev–Trinajstić information content (AvgIpc) is 3.06. The van der Waals surface area contributed by atoms with Gasteiger partial charge in [0.25, 0.3) is 0 Å². The van der Waals surface area contributed by atoms with Gasteiger partial charge in [0.15, 0.2) is 5.78 Å². The van der Waals surface area contributed by atoms with Crippen molar-refractivity contribution < 1.29 is 9.53 Å². The van der Waals surface area contributed by atoms with Crippen LogP contribution in [0, 0.1) is 0 Å². The van der Waals surface area contributed by atoms with Crippen molar-refractivity contribution in [1.29, 1.82) is 0 Å². The highest BCUT2D eigenvalue weighted by molar-refractivity contribution is 6.04. The second-order valence-electron chi connectivity index (χ2n) is 7.38. The molecule has 2 unspecified atom stereocenters. The number of allylic oxidation sites excluding steroid dienone is 6. The molecule has 1 aliphatic heterocycles. The number of hydrogen-bond donors (Lipinski definition) is 0. The van der Waals surface area contributed by atoms with Crippen LogP contribution < -0.4 is 0 Å². The molecule has 0 aromatic carbocycles. The molecule has 2 atom stereocenters. The summed E-state index contributed by atoms with van der Waals surface area (Å²) in [6.07, 6.45) is 10.5. The maximum atomic E-state index is 12.5. The molecular formula is C20H30O2. The summed E-state index contributed by atoms with van der Waals surface area (Å²) in [5, 5.41) is 0. The van der Waals surface area contributed by atoms with Gasteiger partial charge in [0, 0.05) is 0 Å². The third kappa shape index (κ3) is 4.42. The van der Waals surface area contributed by atoms with Crippen LogP contribution >= 0.6 is 0 Å². The molecule has 0 radical (unpaired) electrons. The molecule has 0 amide bonds. The van der Waals surface area contributed by atoms with Gasteiger partial charge in [-0.25, -0.2) is 0 Å². The molecule has 2 aliphatic rings. The highest BCUT2D eigenvalue weighted by Gasteiger charge is 2.50. The van der Waals surface area contributed by atoms with Crippen LogP contribution in [-0.4, -0.2) is 17.5 Å². The van der Waals surface area contributed by atoms with Crippen molar-refractivity contribution in [3.8, 4) is 0 Å². The fourth-order valence-corrected chi connectivity index (χ4v) is 3.26. The number of carbonyl (C=O) groups excluding carboxylic acids is 1. The quantitative estimate of drug-likeness (QED) is 0.345. The Bertz CT molecular complexity index is 532. The van der Waals surface area contributed by atoms with E-state index < -0.39 is 0 Å². The zero-order chi connectivity index (χ0) is 16.3. The molecule has 1 heterocycles. The van der Waals surface area contributed by atoms with E-state index in [0.29, 0.717) is 6.10 Å². The van der Waals surface area contributed by atoms with Crippen LogP contribution in [0.3, 0.4) is 0 Å². The van der Waals surface area contributed by atoms with Crippen molar-refractivity contribution in [2.75, 3.05) is 0 Å². The van der Waals surface area contributed by atoms with E-state index in [-0.39, 0.29) is 11.4 Å². The zero-order valence-electron chi connectivity index (χ0n) is 14.8. The van der Waals surface area contributed by atoms with Crippen molar-refractivity contribution in [1.82, 2.24) is 0 Å². The van der Waals surface area contributed by atoms with Gasteiger partial charge in [-0.05, 0) is 84.8 Å². The molecule has 2 rings (SSSR count). The Morgan fingerprint density at radius 3 is 2.59 bits per heavy atom. The Morgan fingerprint density at radius 1 is 1.18 bits per heavy atom. The van der Waals surface area contributed by atoms with Gasteiger partial charge in [-0.1, -0.05) is 22.8 Å². The van der Waals surface area contributed by atoms with E-state index in [9.17, 15) is 4.79 Å². The fraction of sp³-hybridized carbons (Fsp3) is 0.650. The van der Waals surface area contributed by atoms with Gasteiger partial charge in [0.1, 0.15) is 0 Å². The molecule has 0 N–H and O–H groups in total. The van der Waals surface area contributed by atoms with Crippen molar-refractivity contribution >= 4 is 5.78 Å². The second kappa shape index (κ2) is 6.95. The lowest BCUT2D eigenvalue weighted by Crippen LogP contribution is -2.13. The van der Waals surface area contributed by atoms with E-state index in [1.807, 2.05) is 19.9 Å². The van der Waals surface area contributed by atoms with E-state index in [1.54, 1.807) is 0 Å². The average molecular weight is 302 g/mol. The molecule has 2 heteroatoms. The van der Waals surface area contributed by atoms with Crippen LogP contribution in [-0.2, 0) is 9.53 Å². The number of ether oxygens (including phenoxy) is 1. The minimum absolute atomic E-state index is 0.0237. The van der Waals surface area contributed by atoms with Gasteiger partial charge < -0.3 is 4.74 Å². The van der Waals surface area contributed by atoms with Gasteiger partial charge in [0.2, 0.25) is 0 Å². The molecule has 0 bridgehead atoms. The van der Waals surface area contributed by atoms with Gasteiger partial charge in [-0.3, -0.25) is 4.79 Å². The summed E-state index contributed by atoms with van der Waals surface area (Å²) >= 11 is 0. The van der Waals surface area contributed by atoms with Crippen molar-refractivity contribution in [3.05, 3.63) is 34.4 Å². The van der Waals surface area contributed by atoms with Crippen LogP contribution in [0.1, 0.15) is 73.1 Å². The summed E-state index contributed by atoms with van der Waals surface area (Å²) in [5.74, 6) is 0.191. The molecule has 2 nitrogen and oxygen atoms in total. The topological polar surface area (TPSA) is 29.6 Å². The Labute approximate surface area is 135 Å². The summed E-state index contributed by atoms with van der Waals surface area (Å²) in [4.78, 5) is 12.5. The van der Waals surface area contributed by atoms with Crippen molar-refractivity contribution in [2.45, 2.75) is 84.8 Å². The lowest BCUT2D eigenvalue weighted by molar-refractivity contribution is -0.111. The predicted octanol–water partition coefficient (Wildman–Crippen LogP) is 5.30. The summed E-state index contributed by atoms with van der Waals surface area (Å²) in [6.45, 7) is 10.5. The first-order chi connectivity index (χ1) is 10.3. The molecular weight excluding hydrogens is 272 g/mol. The van der Waals surface area contributed by atoms with E-state index in [2.05, 4.69) is 26.8 Å². The molecule has 0 spiro atoms. The van der Waals surface area contributed by atoms with E-state index >= 15 is 0 Å². The number of epoxide rings is 1. The number of ketones is 1. The summed E-state index contributed by atoms with van der Waals surface area (Å²) < 4.78 is 5.94. The third-order valence-corrected chi connectivity index (χ3v) is 5.02. The number of hydrogen-bond acceptors (Lipinski definition) is 2. The Balaban J connectivity index is 2.19. The number of carbonyl (C=O) groups is 1. The molecule has 1 fully saturated rings. The Morgan fingerprint density at radius 2 is 1.91 bits per heavy atom. The number of fused-ring (bicyclic) bond motifs is 1. The fourth-order valence-electron chi connectivity index (χ4n) is 3.26. The monoisotopic (exact) mass is 302 g/mol. The third-order valence-electron chi connectivity index (χ3n) is 5.02. The van der Waals surface area contributed by atoms with E-state index in [1.165, 1.54) is 11.1 Å².